The van der Waals surface area contributed by atoms with E-state index in [2.05, 4.69) is 6.92 Å². The molecule has 0 spiro atoms. The number of esters is 2. The van der Waals surface area contributed by atoms with Crippen LogP contribution in [0.2, 0.25) is 0 Å². The molecule has 4 N–H and O–H groups in total. The molecule has 0 bridgehead atoms. The number of rotatable bonds is 24. The number of hydrogen-bond donors (Lipinski definition) is 4. The van der Waals surface area contributed by atoms with Crippen molar-refractivity contribution in [2.75, 3.05) is 19.0 Å². The quantitative estimate of drug-likeness (QED) is 0.0696. The summed E-state index contributed by atoms with van der Waals surface area (Å²) in [6.07, 6.45) is 6.69. The van der Waals surface area contributed by atoms with Crippen molar-refractivity contribution in [3.8, 4) is 0 Å². The first kappa shape index (κ1) is 38.7. The lowest BCUT2D eigenvalue weighted by Crippen LogP contribution is -2.60. The molecule has 0 aliphatic carbocycles. The van der Waals surface area contributed by atoms with Gasteiger partial charge < -0.3 is 34.3 Å². The average Bonchev–Trinajstić information content (AvgIpc) is 2.93. The fourth-order valence-corrected chi connectivity index (χ4v) is 5.40. The van der Waals surface area contributed by atoms with Crippen LogP contribution in [0.3, 0.4) is 0 Å². The Labute approximate surface area is 251 Å². The monoisotopic (exact) mass is 626 g/mol. The predicted molar refractivity (Wildman–Crippen MR) is 155 cm³/mol. The van der Waals surface area contributed by atoms with E-state index in [4.69, 9.17) is 23.5 Å². The van der Waals surface area contributed by atoms with Gasteiger partial charge in [0.15, 0.2) is 12.4 Å². The van der Waals surface area contributed by atoms with Gasteiger partial charge in [0.05, 0.1) is 6.61 Å². The maximum Gasteiger partial charge on any atom is 0.306 e. The molecular weight excluding hydrogens is 572 g/mol. The van der Waals surface area contributed by atoms with Gasteiger partial charge in [-0.05, 0) is 12.8 Å². The second-order valence-electron chi connectivity index (χ2n) is 11.1. The van der Waals surface area contributed by atoms with Crippen LogP contribution in [0.15, 0.2) is 0 Å². The van der Waals surface area contributed by atoms with E-state index in [0.29, 0.717) is 12.8 Å². The zero-order valence-electron chi connectivity index (χ0n) is 25.4. The zero-order chi connectivity index (χ0) is 31.4. The Kier molecular flexibility index (Phi) is 20.4. The van der Waals surface area contributed by atoms with Crippen molar-refractivity contribution < 1.29 is 56.8 Å². The smallest absolute Gasteiger partial charge is 0.306 e. The van der Waals surface area contributed by atoms with Crippen LogP contribution >= 0.6 is 0 Å². The molecule has 0 aromatic carbocycles. The van der Waals surface area contributed by atoms with Crippen molar-refractivity contribution in [2.24, 2.45) is 0 Å². The van der Waals surface area contributed by atoms with Crippen LogP contribution in [0.1, 0.15) is 117 Å². The van der Waals surface area contributed by atoms with Crippen molar-refractivity contribution in [1.29, 1.82) is 0 Å². The van der Waals surface area contributed by atoms with Gasteiger partial charge in [-0.15, -0.1) is 0 Å². The van der Waals surface area contributed by atoms with Gasteiger partial charge in [-0.2, -0.15) is 8.42 Å². The number of carbonyl (C=O) groups excluding carboxylic acids is 2. The fourth-order valence-electron chi connectivity index (χ4n) is 4.71. The minimum Gasteiger partial charge on any atom is -0.462 e. The molecule has 0 radical (unpaired) electrons. The Balaban J connectivity index is 2.39. The van der Waals surface area contributed by atoms with Gasteiger partial charge in [-0.3, -0.25) is 14.1 Å². The highest BCUT2D eigenvalue weighted by atomic mass is 32.2. The van der Waals surface area contributed by atoms with E-state index in [9.17, 15) is 33.3 Å². The zero-order valence-corrected chi connectivity index (χ0v) is 26.2. The van der Waals surface area contributed by atoms with Crippen LogP contribution < -0.4 is 0 Å². The summed E-state index contributed by atoms with van der Waals surface area (Å²) >= 11 is 0. The molecule has 42 heavy (non-hydrogen) atoms. The highest BCUT2D eigenvalue weighted by molar-refractivity contribution is 7.85. The third-order valence-electron chi connectivity index (χ3n) is 7.16. The summed E-state index contributed by atoms with van der Waals surface area (Å²) < 4.78 is 52.8. The van der Waals surface area contributed by atoms with Crippen LogP contribution in [-0.4, -0.2) is 96.0 Å². The summed E-state index contributed by atoms with van der Waals surface area (Å²) in [4.78, 5) is 24.3. The Morgan fingerprint density at radius 3 is 1.79 bits per heavy atom. The number of ether oxygens (including phenoxy) is 4. The number of hydrogen-bond acceptors (Lipinski definition) is 11. The van der Waals surface area contributed by atoms with Crippen molar-refractivity contribution in [3.05, 3.63) is 0 Å². The second kappa shape index (κ2) is 22.2. The third-order valence-corrected chi connectivity index (χ3v) is 7.91. The van der Waals surface area contributed by atoms with Crippen molar-refractivity contribution in [3.63, 3.8) is 0 Å². The molecule has 13 heteroatoms. The van der Waals surface area contributed by atoms with E-state index in [1.165, 1.54) is 57.8 Å². The van der Waals surface area contributed by atoms with Gasteiger partial charge in [-0.1, -0.05) is 90.9 Å². The van der Waals surface area contributed by atoms with Crippen LogP contribution in [0.25, 0.3) is 0 Å². The van der Waals surface area contributed by atoms with Gasteiger partial charge in [0.2, 0.25) is 0 Å². The topological polar surface area (TPSA) is 186 Å². The predicted octanol–water partition coefficient (Wildman–Crippen LogP) is 3.43. The lowest BCUT2D eigenvalue weighted by molar-refractivity contribution is -0.297. The standard InChI is InChI=1S/C29H54O12S/c1-3-5-6-7-8-9-10-11-12-13-14-15-16-18-24(30)38-19-22(40-25(31)17-4-2)20-39-29-28(34)27(33)26(32)23(41-29)21-42(35,36)37/h22-23,26-29,32-34H,3-21H2,1-2H3,(H,35,36,37)/t22-,23-,26-,27+,28-,29-/m1/s1. The largest absolute Gasteiger partial charge is 0.462 e. The molecule has 1 fully saturated rings. The van der Waals surface area contributed by atoms with E-state index in [-0.39, 0.29) is 19.4 Å². The van der Waals surface area contributed by atoms with E-state index < -0.39 is 71.2 Å². The summed E-state index contributed by atoms with van der Waals surface area (Å²) in [5, 5.41) is 30.3. The number of aliphatic hydroxyl groups excluding tert-OH is 3. The molecule has 0 aromatic rings. The fraction of sp³-hybridized carbons (Fsp3) is 0.931. The SMILES string of the molecule is CCCCCCCCCCCCCCCC(=O)OC[C@H](CO[C@@H]1O[C@H](CS(=O)(=O)O)[C@@H](O)[C@H](O)[C@H]1O)OC(=O)CCC. The molecule has 0 saturated carbocycles. The first-order chi connectivity index (χ1) is 20.0. The number of aliphatic hydroxyl groups is 3. The van der Waals surface area contributed by atoms with Crippen molar-refractivity contribution in [1.82, 2.24) is 0 Å². The van der Waals surface area contributed by atoms with E-state index in [1.54, 1.807) is 6.92 Å². The maximum absolute atomic E-state index is 12.3. The third kappa shape index (κ3) is 17.7. The van der Waals surface area contributed by atoms with Crippen LogP contribution in [0.4, 0.5) is 0 Å². The number of unbranched alkanes of at least 4 members (excludes halogenated alkanes) is 12. The summed E-state index contributed by atoms with van der Waals surface area (Å²) in [7, 11) is -4.57. The Morgan fingerprint density at radius 2 is 1.26 bits per heavy atom. The normalized spacial score (nSPS) is 23.4. The van der Waals surface area contributed by atoms with Gasteiger partial charge in [0, 0.05) is 12.8 Å². The minimum absolute atomic E-state index is 0.118. The van der Waals surface area contributed by atoms with Gasteiger partial charge in [0.25, 0.3) is 10.1 Å². The van der Waals surface area contributed by atoms with Crippen LogP contribution in [-0.2, 0) is 38.7 Å². The summed E-state index contributed by atoms with van der Waals surface area (Å²) in [5.41, 5.74) is 0. The number of carbonyl (C=O) groups is 2. The van der Waals surface area contributed by atoms with Crippen molar-refractivity contribution >= 4 is 22.1 Å². The minimum atomic E-state index is -4.57. The first-order valence-corrected chi connectivity index (χ1v) is 17.2. The van der Waals surface area contributed by atoms with Gasteiger partial charge in [0.1, 0.15) is 36.8 Å². The van der Waals surface area contributed by atoms with E-state index >= 15 is 0 Å². The molecule has 248 valence electrons. The Hall–Kier alpha value is -1.35. The van der Waals surface area contributed by atoms with Gasteiger partial charge >= 0.3 is 11.9 Å². The second-order valence-corrected chi connectivity index (χ2v) is 12.6. The molecule has 0 unspecified atom stereocenters. The van der Waals surface area contributed by atoms with Gasteiger partial charge in [-0.25, -0.2) is 0 Å². The van der Waals surface area contributed by atoms with Crippen LogP contribution in [0.5, 0.6) is 0 Å². The van der Waals surface area contributed by atoms with E-state index in [0.717, 1.165) is 19.3 Å². The molecule has 1 aliphatic heterocycles. The van der Waals surface area contributed by atoms with Crippen LogP contribution in [0, 0.1) is 0 Å². The lowest BCUT2D eigenvalue weighted by Gasteiger charge is -2.40. The molecule has 1 saturated heterocycles. The molecule has 0 amide bonds. The van der Waals surface area contributed by atoms with Crippen molar-refractivity contribution in [2.45, 2.75) is 153 Å². The maximum atomic E-state index is 12.3. The molecule has 1 aliphatic rings. The first-order valence-electron chi connectivity index (χ1n) is 15.6. The highest BCUT2D eigenvalue weighted by Gasteiger charge is 2.46. The molecular formula is C29H54O12S. The summed E-state index contributed by atoms with van der Waals surface area (Å²) in [6, 6.07) is 0. The summed E-state index contributed by atoms with van der Waals surface area (Å²) in [5.74, 6) is -2.04. The lowest BCUT2D eigenvalue weighted by atomic mass is 10.00. The molecule has 12 nitrogen and oxygen atoms in total. The Bertz CT molecular complexity index is 836. The highest BCUT2D eigenvalue weighted by Crippen LogP contribution is 2.23. The molecule has 1 heterocycles. The summed E-state index contributed by atoms with van der Waals surface area (Å²) in [6.45, 7) is 3.29. The molecule has 6 atom stereocenters. The molecule has 0 aromatic heterocycles. The van der Waals surface area contributed by atoms with E-state index in [1.807, 2.05) is 0 Å². The molecule has 1 rings (SSSR count). The average molecular weight is 627 g/mol. The Morgan fingerprint density at radius 1 is 0.714 bits per heavy atom.